The van der Waals surface area contributed by atoms with Gasteiger partial charge >= 0.3 is 0 Å². The zero-order valence-corrected chi connectivity index (χ0v) is 19.4. The number of nitrogens with zero attached hydrogens (tertiary/aromatic N) is 1. The average molecular weight is 442 g/mol. The average Bonchev–Trinajstić information content (AvgIpc) is 3.22. The van der Waals surface area contributed by atoms with Crippen LogP contribution < -0.4 is 20.1 Å². The van der Waals surface area contributed by atoms with Crippen molar-refractivity contribution in [2.45, 2.75) is 32.4 Å². The highest BCUT2D eigenvalue weighted by atomic mass is 32.1. The summed E-state index contributed by atoms with van der Waals surface area (Å²) in [4.78, 5) is 15.3. The zero-order valence-electron chi connectivity index (χ0n) is 18.6. The van der Waals surface area contributed by atoms with Gasteiger partial charge < -0.3 is 25.0 Å². The summed E-state index contributed by atoms with van der Waals surface area (Å²) in [5.41, 5.74) is 2.02. The Hall–Kier alpha value is -2.80. The lowest BCUT2D eigenvalue weighted by Gasteiger charge is -2.23. The Labute approximate surface area is 189 Å². The molecule has 2 N–H and O–H groups in total. The van der Waals surface area contributed by atoms with Crippen molar-refractivity contribution in [3.05, 3.63) is 59.7 Å². The molecule has 2 aromatic rings. The molecule has 7 heteroatoms. The van der Waals surface area contributed by atoms with Crippen molar-refractivity contribution in [1.29, 1.82) is 0 Å². The van der Waals surface area contributed by atoms with Gasteiger partial charge in [0.25, 0.3) is 0 Å². The minimum atomic E-state index is -0.267. The lowest BCUT2D eigenvalue weighted by atomic mass is 9.87. The summed E-state index contributed by atoms with van der Waals surface area (Å²) in [6.07, 6.45) is 0. The predicted molar refractivity (Wildman–Crippen MR) is 127 cm³/mol. The van der Waals surface area contributed by atoms with E-state index in [-0.39, 0.29) is 23.8 Å². The number of nitrogens with one attached hydrogen (secondary N) is 2. The molecule has 1 aliphatic heterocycles. The van der Waals surface area contributed by atoms with E-state index >= 15 is 0 Å². The van der Waals surface area contributed by atoms with Gasteiger partial charge in [0, 0.05) is 37.2 Å². The van der Waals surface area contributed by atoms with Crippen molar-refractivity contribution in [3.8, 4) is 11.5 Å². The topological polar surface area (TPSA) is 62.8 Å². The number of hydrogen-bond acceptors (Lipinski definition) is 4. The number of benzene rings is 2. The Morgan fingerprint density at radius 1 is 1.10 bits per heavy atom. The van der Waals surface area contributed by atoms with E-state index in [4.69, 9.17) is 21.7 Å². The van der Waals surface area contributed by atoms with Crippen LogP contribution in [0, 0.1) is 5.92 Å². The molecule has 1 aliphatic rings. The summed E-state index contributed by atoms with van der Waals surface area (Å²) in [6, 6.07) is 15.9. The SMILES string of the molecule is COc1cccc([C@H]2CN(C(=S)NC(C)C)C[C@@H]2C(=O)NCc2ccccc2)c1OC. The molecule has 1 amide bonds. The first-order chi connectivity index (χ1) is 14.9. The number of amides is 1. The summed E-state index contributed by atoms with van der Waals surface area (Å²) in [5.74, 6) is 0.989. The van der Waals surface area contributed by atoms with Crippen molar-refractivity contribution in [3.63, 3.8) is 0 Å². The van der Waals surface area contributed by atoms with E-state index in [0.717, 1.165) is 11.1 Å². The second-order valence-electron chi connectivity index (χ2n) is 8.01. The van der Waals surface area contributed by atoms with Crippen LogP contribution in [0.3, 0.4) is 0 Å². The van der Waals surface area contributed by atoms with Crippen molar-refractivity contribution in [1.82, 2.24) is 15.5 Å². The zero-order chi connectivity index (χ0) is 22.4. The molecule has 31 heavy (non-hydrogen) atoms. The molecular weight excluding hydrogens is 410 g/mol. The maximum Gasteiger partial charge on any atom is 0.225 e. The number of carbonyl (C=O) groups excluding carboxylic acids is 1. The minimum absolute atomic E-state index is 0.00794. The van der Waals surface area contributed by atoms with Gasteiger partial charge in [0.1, 0.15) is 0 Å². The Bertz CT molecular complexity index is 904. The molecule has 2 aromatic carbocycles. The summed E-state index contributed by atoms with van der Waals surface area (Å²) in [6.45, 7) is 5.77. The molecule has 0 aliphatic carbocycles. The fourth-order valence-corrected chi connectivity index (χ4v) is 4.39. The number of rotatable bonds is 7. The van der Waals surface area contributed by atoms with Crippen LogP contribution in [-0.2, 0) is 11.3 Å². The number of methoxy groups -OCH3 is 2. The maximum atomic E-state index is 13.3. The number of likely N-dealkylation sites (tertiary alicyclic amines) is 1. The number of thiocarbonyl (C=S) groups is 1. The highest BCUT2D eigenvalue weighted by Crippen LogP contribution is 2.42. The monoisotopic (exact) mass is 441 g/mol. The number of carbonyl (C=O) groups is 1. The van der Waals surface area contributed by atoms with Crippen LogP contribution in [0.2, 0.25) is 0 Å². The molecule has 1 fully saturated rings. The molecule has 6 nitrogen and oxygen atoms in total. The molecule has 0 radical (unpaired) electrons. The van der Waals surface area contributed by atoms with Crippen LogP contribution in [0.15, 0.2) is 48.5 Å². The lowest BCUT2D eigenvalue weighted by Crippen LogP contribution is -2.42. The van der Waals surface area contributed by atoms with Gasteiger partial charge in [-0.1, -0.05) is 42.5 Å². The van der Waals surface area contributed by atoms with Crippen molar-refractivity contribution in [2.75, 3.05) is 27.3 Å². The fourth-order valence-electron chi connectivity index (χ4n) is 4.01. The molecule has 1 saturated heterocycles. The number of ether oxygens (including phenoxy) is 2. The molecule has 1 heterocycles. The van der Waals surface area contributed by atoms with E-state index in [9.17, 15) is 4.79 Å². The molecule has 3 rings (SSSR count). The van der Waals surface area contributed by atoms with Crippen LogP contribution in [0.5, 0.6) is 11.5 Å². The van der Waals surface area contributed by atoms with Crippen molar-refractivity contribution >= 4 is 23.2 Å². The molecule has 0 spiro atoms. The molecule has 0 bridgehead atoms. The molecular formula is C24H31N3O3S. The van der Waals surface area contributed by atoms with Gasteiger partial charge in [0.2, 0.25) is 5.91 Å². The molecule has 0 unspecified atom stereocenters. The highest BCUT2D eigenvalue weighted by Gasteiger charge is 2.41. The normalized spacial score (nSPS) is 18.0. The van der Waals surface area contributed by atoms with Gasteiger partial charge in [-0.05, 0) is 37.7 Å². The van der Waals surface area contributed by atoms with Gasteiger partial charge in [-0.15, -0.1) is 0 Å². The summed E-state index contributed by atoms with van der Waals surface area (Å²) >= 11 is 5.61. The fraction of sp³-hybridized carbons (Fsp3) is 0.417. The summed E-state index contributed by atoms with van der Waals surface area (Å²) in [7, 11) is 3.25. The first-order valence-corrected chi connectivity index (χ1v) is 10.9. The minimum Gasteiger partial charge on any atom is -0.493 e. The quantitative estimate of drug-likeness (QED) is 0.643. The molecule has 166 valence electrons. The standard InChI is InChI=1S/C24H31N3O3S/c1-16(2)26-24(31)27-14-19(18-11-8-12-21(29-3)22(18)30-4)20(15-27)23(28)25-13-17-9-6-5-7-10-17/h5-12,16,19-20H,13-15H2,1-4H3,(H,25,28)(H,26,31)/t19-,20+/m1/s1. The van der Waals surface area contributed by atoms with E-state index in [1.54, 1.807) is 14.2 Å². The number of para-hydroxylation sites is 1. The summed E-state index contributed by atoms with van der Waals surface area (Å²) < 4.78 is 11.2. The predicted octanol–water partition coefficient (Wildman–Crippen LogP) is 3.32. The van der Waals surface area contributed by atoms with Gasteiger partial charge in [-0.25, -0.2) is 0 Å². The smallest absolute Gasteiger partial charge is 0.225 e. The van der Waals surface area contributed by atoms with E-state index in [0.29, 0.717) is 36.2 Å². The third kappa shape index (κ3) is 5.47. The van der Waals surface area contributed by atoms with Gasteiger partial charge in [-0.2, -0.15) is 0 Å². The molecule has 0 aromatic heterocycles. The third-order valence-electron chi connectivity index (χ3n) is 5.50. The van der Waals surface area contributed by atoms with Crippen LogP contribution in [0.4, 0.5) is 0 Å². The Morgan fingerprint density at radius 2 is 1.84 bits per heavy atom. The third-order valence-corrected chi connectivity index (χ3v) is 5.87. The number of hydrogen-bond donors (Lipinski definition) is 2. The van der Waals surface area contributed by atoms with E-state index in [1.165, 1.54) is 0 Å². The van der Waals surface area contributed by atoms with Crippen LogP contribution in [0.1, 0.15) is 30.9 Å². The van der Waals surface area contributed by atoms with Crippen molar-refractivity contribution < 1.29 is 14.3 Å². The second kappa shape index (κ2) is 10.5. The van der Waals surface area contributed by atoms with Crippen molar-refractivity contribution in [2.24, 2.45) is 5.92 Å². The Balaban J connectivity index is 1.86. The largest absolute Gasteiger partial charge is 0.493 e. The first-order valence-electron chi connectivity index (χ1n) is 10.5. The van der Waals surface area contributed by atoms with E-state index in [2.05, 4.69) is 29.4 Å². The van der Waals surface area contributed by atoms with Gasteiger partial charge in [0.15, 0.2) is 16.6 Å². The Morgan fingerprint density at radius 3 is 2.48 bits per heavy atom. The summed E-state index contributed by atoms with van der Waals surface area (Å²) in [5, 5.41) is 7.07. The van der Waals surface area contributed by atoms with E-state index in [1.807, 2.05) is 48.5 Å². The second-order valence-corrected chi connectivity index (χ2v) is 8.40. The Kier molecular flexibility index (Phi) is 7.74. The molecule has 2 atom stereocenters. The van der Waals surface area contributed by atoms with Crippen LogP contribution >= 0.6 is 12.2 Å². The van der Waals surface area contributed by atoms with Crippen LogP contribution in [-0.4, -0.2) is 49.3 Å². The lowest BCUT2D eigenvalue weighted by molar-refractivity contribution is -0.125. The first kappa shape index (κ1) is 22.9. The molecule has 0 saturated carbocycles. The highest BCUT2D eigenvalue weighted by molar-refractivity contribution is 7.80. The van der Waals surface area contributed by atoms with Gasteiger partial charge in [0.05, 0.1) is 20.1 Å². The van der Waals surface area contributed by atoms with E-state index < -0.39 is 0 Å². The van der Waals surface area contributed by atoms with Gasteiger partial charge in [-0.3, -0.25) is 4.79 Å². The maximum absolute atomic E-state index is 13.3. The van der Waals surface area contributed by atoms with Crippen LogP contribution in [0.25, 0.3) is 0 Å².